The van der Waals surface area contributed by atoms with E-state index in [2.05, 4.69) is 45.4 Å². The summed E-state index contributed by atoms with van der Waals surface area (Å²) in [5, 5.41) is 10.8. The lowest BCUT2D eigenvalue weighted by Crippen LogP contribution is -2.13. The van der Waals surface area contributed by atoms with Crippen molar-refractivity contribution in [3.63, 3.8) is 0 Å². The lowest BCUT2D eigenvalue weighted by molar-refractivity contribution is -0.116. The monoisotopic (exact) mass is 311 g/mol. The van der Waals surface area contributed by atoms with E-state index >= 15 is 0 Å². The number of H-pyrrole nitrogens is 2. The van der Waals surface area contributed by atoms with Gasteiger partial charge in [0.2, 0.25) is 11.9 Å². The number of hydrogen-bond acceptors (Lipinski definition) is 3. The third-order valence-electron chi connectivity index (χ3n) is 3.68. The highest BCUT2D eigenvalue weighted by atomic mass is 16.1. The van der Waals surface area contributed by atoms with E-state index in [1.54, 1.807) is 0 Å². The van der Waals surface area contributed by atoms with Crippen molar-refractivity contribution in [2.45, 2.75) is 33.1 Å². The number of para-hydroxylation sites is 1. The van der Waals surface area contributed by atoms with Gasteiger partial charge in [0, 0.05) is 29.9 Å². The Morgan fingerprint density at radius 3 is 2.96 bits per heavy atom. The van der Waals surface area contributed by atoms with Gasteiger partial charge in [-0.05, 0) is 24.0 Å². The maximum absolute atomic E-state index is 12.1. The Balaban J connectivity index is 1.56. The summed E-state index contributed by atoms with van der Waals surface area (Å²) >= 11 is 0. The quantitative estimate of drug-likeness (QED) is 0.654. The summed E-state index contributed by atoms with van der Waals surface area (Å²) in [7, 11) is 0. The molecule has 0 saturated carbocycles. The second-order valence-corrected chi connectivity index (χ2v) is 6.11. The lowest BCUT2D eigenvalue weighted by Gasteiger charge is -2.01. The molecule has 3 aromatic rings. The third-order valence-corrected chi connectivity index (χ3v) is 3.68. The molecule has 23 heavy (non-hydrogen) atoms. The number of nitrogens with zero attached hydrogens (tertiary/aromatic N) is 2. The number of carbonyl (C=O) groups excluding carboxylic acids is 1. The molecule has 3 N–H and O–H groups in total. The van der Waals surface area contributed by atoms with Crippen LogP contribution in [-0.2, 0) is 17.6 Å². The van der Waals surface area contributed by atoms with Crippen molar-refractivity contribution in [3.8, 4) is 0 Å². The second kappa shape index (κ2) is 6.64. The predicted octanol–water partition coefficient (Wildman–Crippen LogP) is 3.06. The summed E-state index contributed by atoms with van der Waals surface area (Å²) in [5.74, 6) is 1.57. The standard InChI is InChI=1S/C17H21N5O/c1-11(2)9-15-19-17(22-21-15)20-16(23)8-7-12-10-18-14-6-4-3-5-13(12)14/h3-6,10-11,18H,7-9H2,1-2H3,(H2,19,20,21,22,23). The Kier molecular flexibility index (Phi) is 4.41. The van der Waals surface area contributed by atoms with Crippen LogP contribution in [0, 0.1) is 5.92 Å². The van der Waals surface area contributed by atoms with Crippen LogP contribution in [-0.4, -0.2) is 26.1 Å². The highest BCUT2D eigenvalue weighted by molar-refractivity contribution is 5.90. The maximum atomic E-state index is 12.1. The van der Waals surface area contributed by atoms with E-state index in [-0.39, 0.29) is 5.91 Å². The van der Waals surface area contributed by atoms with Crippen LogP contribution in [0.1, 0.15) is 31.7 Å². The summed E-state index contributed by atoms with van der Waals surface area (Å²) in [6.45, 7) is 4.23. The minimum absolute atomic E-state index is 0.0784. The van der Waals surface area contributed by atoms with Crippen LogP contribution in [0.15, 0.2) is 30.5 Å². The van der Waals surface area contributed by atoms with Crippen molar-refractivity contribution in [2.75, 3.05) is 5.32 Å². The van der Waals surface area contributed by atoms with Gasteiger partial charge in [0.15, 0.2) is 0 Å². The summed E-state index contributed by atoms with van der Waals surface area (Å²) in [5.41, 5.74) is 2.24. The molecule has 0 atom stereocenters. The molecule has 6 nitrogen and oxygen atoms in total. The van der Waals surface area contributed by atoms with Gasteiger partial charge in [0.05, 0.1) is 0 Å². The summed E-state index contributed by atoms with van der Waals surface area (Å²) in [6.07, 6.45) is 3.86. The van der Waals surface area contributed by atoms with Gasteiger partial charge in [-0.2, -0.15) is 4.98 Å². The number of aromatic amines is 2. The average Bonchev–Trinajstić information content (AvgIpc) is 3.11. The third kappa shape index (κ3) is 3.77. The topological polar surface area (TPSA) is 86.5 Å². The fourth-order valence-corrected chi connectivity index (χ4v) is 2.60. The number of benzene rings is 1. The normalized spacial score (nSPS) is 11.3. The molecule has 120 valence electrons. The van der Waals surface area contributed by atoms with Crippen molar-refractivity contribution in [3.05, 3.63) is 41.9 Å². The molecule has 0 aliphatic heterocycles. The highest BCUT2D eigenvalue weighted by Crippen LogP contribution is 2.19. The Morgan fingerprint density at radius 1 is 1.30 bits per heavy atom. The SMILES string of the molecule is CC(C)Cc1nc(NC(=O)CCc2c[nH]c3ccccc23)n[nH]1. The van der Waals surface area contributed by atoms with Crippen LogP contribution in [0.3, 0.4) is 0 Å². The van der Waals surface area contributed by atoms with Crippen molar-refractivity contribution in [1.29, 1.82) is 0 Å². The van der Waals surface area contributed by atoms with E-state index < -0.39 is 0 Å². The highest BCUT2D eigenvalue weighted by Gasteiger charge is 2.10. The van der Waals surface area contributed by atoms with E-state index in [4.69, 9.17) is 0 Å². The zero-order valence-corrected chi connectivity index (χ0v) is 13.4. The number of hydrogen-bond donors (Lipinski definition) is 3. The molecule has 0 unspecified atom stereocenters. The Labute approximate surface area is 134 Å². The number of anilines is 1. The largest absolute Gasteiger partial charge is 0.361 e. The summed E-state index contributed by atoms with van der Waals surface area (Å²) in [4.78, 5) is 19.6. The molecule has 0 aliphatic rings. The molecule has 0 fully saturated rings. The minimum atomic E-state index is -0.0784. The van der Waals surface area contributed by atoms with Crippen LogP contribution < -0.4 is 5.32 Å². The molecule has 1 aromatic carbocycles. The van der Waals surface area contributed by atoms with Crippen molar-refractivity contribution in [1.82, 2.24) is 20.2 Å². The molecule has 0 saturated heterocycles. The van der Waals surface area contributed by atoms with Crippen LogP contribution in [0.4, 0.5) is 5.95 Å². The van der Waals surface area contributed by atoms with Crippen molar-refractivity contribution >= 4 is 22.8 Å². The van der Waals surface area contributed by atoms with Gasteiger partial charge in [0.25, 0.3) is 0 Å². The van der Waals surface area contributed by atoms with Gasteiger partial charge in [-0.3, -0.25) is 15.2 Å². The van der Waals surface area contributed by atoms with Gasteiger partial charge >= 0.3 is 0 Å². The molecule has 0 radical (unpaired) electrons. The number of nitrogens with one attached hydrogen (secondary N) is 3. The molecule has 2 aromatic heterocycles. The molecule has 6 heteroatoms. The first kappa shape index (κ1) is 15.3. The molecule has 1 amide bonds. The van der Waals surface area contributed by atoms with E-state index in [0.29, 0.717) is 24.7 Å². The molecule has 0 aliphatic carbocycles. The fraction of sp³-hybridized carbons (Fsp3) is 0.353. The van der Waals surface area contributed by atoms with E-state index in [9.17, 15) is 4.79 Å². The first-order valence-electron chi connectivity index (χ1n) is 7.88. The number of rotatable bonds is 6. The van der Waals surface area contributed by atoms with Crippen LogP contribution in [0.2, 0.25) is 0 Å². The van der Waals surface area contributed by atoms with E-state index in [1.165, 1.54) is 0 Å². The van der Waals surface area contributed by atoms with Gasteiger partial charge in [0.1, 0.15) is 5.82 Å². The molecule has 2 heterocycles. The number of fused-ring (bicyclic) bond motifs is 1. The Hall–Kier alpha value is -2.63. The van der Waals surface area contributed by atoms with Gasteiger partial charge in [-0.1, -0.05) is 32.0 Å². The lowest BCUT2D eigenvalue weighted by atomic mass is 10.1. The Morgan fingerprint density at radius 2 is 2.13 bits per heavy atom. The smallest absolute Gasteiger partial charge is 0.248 e. The van der Waals surface area contributed by atoms with Gasteiger partial charge in [-0.25, -0.2) is 0 Å². The molecule has 0 bridgehead atoms. The predicted molar refractivity (Wildman–Crippen MR) is 90.2 cm³/mol. The molecular weight excluding hydrogens is 290 g/mol. The van der Waals surface area contributed by atoms with Gasteiger partial charge < -0.3 is 4.98 Å². The van der Waals surface area contributed by atoms with Crippen molar-refractivity contribution < 1.29 is 4.79 Å². The van der Waals surface area contributed by atoms with Crippen LogP contribution in [0.25, 0.3) is 10.9 Å². The first-order valence-corrected chi connectivity index (χ1v) is 7.88. The molecular formula is C17H21N5O. The summed E-state index contributed by atoms with van der Waals surface area (Å²) in [6, 6.07) is 8.09. The number of aryl methyl sites for hydroxylation is 1. The van der Waals surface area contributed by atoms with Crippen LogP contribution in [0.5, 0.6) is 0 Å². The maximum Gasteiger partial charge on any atom is 0.248 e. The van der Waals surface area contributed by atoms with Crippen LogP contribution >= 0.6 is 0 Å². The number of aromatic nitrogens is 4. The second-order valence-electron chi connectivity index (χ2n) is 6.11. The van der Waals surface area contributed by atoms with Gasteiger partial charge in [-0.15, -0.1) is 5.10 Å². The zero-order valence-electron chi connectivity index (χ0n) is 13.4. The number of amides is 1. The zero-order chi connectivity index (χ0) is 16.2. The minimum Gasteiger partial charge on any atom is -0.361 e. The number of carbonyl (C=O) groups is 1. The fourth-order valence-electron chi connectivity index (χ4n) is 2.60. The first-order chi connectivity index (χ1) is 11.1. The molecule has 3 rings (SSSR count). The molecule has 0 spiro atoms. The average molecular weight is 311 g/mol. The summed E-state index contributed by atoms with van der Waals surface area (Å²) < 4.78 is 0. The van der Waals surface area contributed by atoms with E-state index in [0.717, 1.165) is 28.7 Å². The Bertz CT molecular complexity index is 802. The van der Waals surface area contributed by atoms with E-state index in [1.807, 2.05) is 24.4 Å². The van der Waals surface area contributed by atoms with Crippen molar-refractivity contribution in [2.24, 2.45) is 5.92 Å².